The topological polar surface area (TPSA) is 38.7 Å². The van der Waals surface area contributed by atoms with Crippen LogP contribution in [0.25, 0.3) is 0 Å². The van der Waals surface area contributed by atoms with E-state index in [0.29, 0.717) is 12.8 Å². The molecule has 3 nitrogen and oxygen atoms in total. The summed E-state index contributed by atoms with van der Waals surface area (Å²) in [4.78, 5) is 0. The molecule has 0 atom stereocenters. The average molecular weight is 504 g/mol. The quantitative estimate of drug-likeness (QED) is 0.272. The molecule has 0 bridgehead atoms. The van der Waals surface area contributed by atoms with Crippen LogP contribution in [0.3, 0.4) is 0 Å². The molecule has 0 aliphatic heterocycles. The van der Waals surface area contributed by atoms with E-state index in [0.717, 1.165) is 29.4 Å². The fourth-order valence-electron chi connectivity index (χ4n) is 4.65. The molecule has 0 unspecified atom stereocenters. The fourth-order valence-corrected chi connectivity index (χ4v) is 4.65. The lowest BCUT2D eigenvalue weighted by Gasteiger charge is -2.40. The molecule has 1 N–H and O–H groups in total. The summed E-state index contributed by atoms with van der Waals surface area (Å²) in [5.41, 5.74) is 5.09. The summed E-state index contributed by atoms with van der Waals surface area (Å²) in [5.74, 6) is 6.34. The highest BCUT2D eigenvalue weighted by atomic mass is 16.5. The Labute approximate surface area is 227 Å². The van der Waals surface area contributed by atoms with E-state index in [4.69, 9.17) is 9.39 Å². The second kappa shape index (κ2) is 12.2. The van der Waals surface area contributed by atoms with Gasteiger partial charge in [0.25, 0.3) is 0 Å². The van der Waals surface area contributed by atoms with Crippen molar-refractivity contribution in [2.24, 2.45) is 0 Å². The average Bonchev–Trinajstić information content (AvgIpc) is 2.88. The predicted octanol–water partition coefficient (Wildman–Crippen LogP) is 6.78. The van der Waals surface area contributed by atoms with Crippen LogP contribution in [0, 0.1) is 25.7 Å². The summed E-state index contributed by atoms with van der Waals surface area (Å²) in [6, 6.07) is 13.3. The number of rotatable bonds is 11. The van der Waals surface area contributed by atoms with Crippen LogP contribution in [0.1, 0.15) is 109 Å². The summed E-state index contributed by atoms with van der Waals surface area (Å²) in [7, 11) is 3.59. The van der Waals surface area contributed by atoms with Gasteiger partial charge in [-0.25, -0.2) is 0 Å². The Bertz CT molecular complexity index is 1110. The first kappa shape index (κ1) is 31.2. The molecule has 2 rings (SSSR count). The fraction of sp³-hybridized carbons (Fsp3) is 0.576. The third-order valence-corrected chi connectivity index (χ3v) is 8.85. The van der Waals surface area contributed by atoms with Gasteiger partial charge in [-0.05, 0) is 90.0 Å². The minimum Gasteiger partial charge on any atom is -0.427 e. The van der Waals surface area contributed by atoms with Gasteiger partial charge in [0.2, 0.25) is 0 Å². The molecule has 0 aliphatic carbocycles. The van der Waals surface area contributed by atoms with Gasteiger partial charge >= 0.3 is 7.48 Å². The van der Waals surface area contributed by atoms with Gasteiger partial charge in [-0.1, -0.05) is 80.9 Å². The van der Waals surface area contributed by atoms with E-state index in [9.17, 15) is 5.11 Å². The molecule has 1 radical (unpaired) electrons. The van der Waals surface area contributed by atoms with Crippen molar-refractivity contribution in [3.05, 3.63) is 64.2 Å². The van der Waals surface area contributed by atoms with Crippen molar-refractivity contribution in [3.63, 3.8) is 0 Å². The van der Waals surface area contributed by atoms with Crippen molar-refractivity contribution < 1.29 is 14.5 Å². The van der Waals surface area contributed by atoms with Crippen molar-refractivity contribution >= 4 is 12.9 Å². The van der Waals surface area contributed by atoms with Gasteiger partial charge in [-0.2, -0.15) is 0 Å². The van der Waals surface area contributed by atoms with E-state index in [1.165, 1.54) is 16.7 Å². The predicted molar refractivity (Wildman–Crippen MR) is 158 cm³/mol. The second-order valence-electron chi connectivity index (χ2n) is 11.3. The lowest BCUT2D eigenvalue weighted by atomic mass is 9.68. The number of aryl methyl sites for hydroxylation is 2. The van der Waals surface area contributed by atoms with E-state index in [-0.39, 0.29) is 5.41 Å². The van der Waals surface area contributed by atoms with Crippen molar-refractivity contribution in [2.45, 2.75) is 117 Å². The molecular weight excluding hydrogens is 455 g/mol. The molecule has 0 saturated carbocycles. The normalized spacial score (nSPS) is 12.8. The van der Waals surface area contributed by atoms with Crippen LogP contribution in [0.15, 0.2) is 36.4 Å². The molecular formula is C33H48BO3. The maximum atomic E-state index is 10.6. The standard InChI is InChI=1S/C33H48BO3/c1-12-32(35,13-2)21-20-26-16-17-27(22-24(26)5)33(14-3,15-4)28-18-19-29(25(6)23-28)34-37-31(9,10)30(7,8)36-11/h16-19,22-23,35H,12-15H2,1-11H3. The number of methoxy groups -OCH3 is 1. The number of benzene rings is 2. The number of hydrogen-bond acceptors (Lipinski definition) is 3. The number of aliphatic hydroxyl groups is 1. The zero-order valence-corrected chi connectivity index (χ0v) is 25.1. The Kier molecular flexibility index (Phi) is 10.3. The van der Waals surface area contributed by atoms with Crippen LogP contribution in [0.2, 0.25) is 0 Å². The van der Waals surface area contributed by atoms with Crippen LogP contribution >= 0.6 is 0 Å². The van der Waals surface area contributed by atoms with Crippen molar-refractivity contribution in [1.29, 1.82) is 0 Å². The third-order valence-electron chi connectivity index (χ3n) is 8.85. The van der Waals surface area contributed by atoms with E-state index in [1.807, 2.05) is 35.2 Å². The van der Waals surface area contributed by atoms with Crippen LogP contribution in [-0.2, 0) is 14.8 Å². The van der Waals surface area contributed by atoms with Crippen LogP contribution in [-0.4, -0.2) is 36.5 Å². The summed E-state index contributed by atoms with van der Waals surface area (Å²) < 4.78 is 11.9. The Hall–Kier alpha value is -2.06. The zero-order chi connectivity index (χ0) is 28.1. The summed E-state index contributed by atoms with van der Waals surface area (Å²) in [5, 5.41) is 10.6. The van der Waals surface area contributed by atoms with Gasteiger partial charge in [0.05, 0.1) is 11.2 Å². The van der Waals surface area contributed by atoms with Gasteiger partial charge < -0.3 is 14.5 Å². The first-order valence-electron chi connectivity index (χ1n) is 13.8. The monoisotopic (exact) mass is 503 g/mol. The Balaban J connectivity index is 2.40. The lowest BCUT2D eigenvalue weighted by Crippen LogP contribution is -2.50. The highest BCUT2D eigenvalue weighted by Gasteiger charge is 2.38. The smallest absolute Gasteiger partial charge is 0.331 e. The summed E-state index contributed by atoms with van der Waals surface area (Å²) in [6.07, 6.45) is 3.24. The molecule has 2 aromatic carbocycles. The SMILES string of the molecule is CCC(O)(C#Cc1ccc(C(CC)(CC)c2ccc([B]OC(C)(C)C(C)(C)OC)c(C)c2)cc1C)CC. The maximum absolute atomic E-state index is 10.6. The maximum Gasteiger partial charge on any atom is 0.331 e. The van der Waals surface area contributed by atoms with E-state index >= 15 is 0 Å². The molecule has 0 aliphatic rings. The molecule has 0 aromatic heterocycles. The molecule has 2 aromatic rings. The lowest BCUT2D eigenvalue weighted by molar-refractivity contribution is -0.114. The van der Waals surface area contributed by atoms with Crippen LogP contribution < -0.4 is 5.46 Å². The molecule has 0 amide bonds. The van der Waals surface area contributed by atoms with Gasteiger partial charge in [0.1, 0.15) is 5.60 Å². The van der Waals surface area contributed by atoms with E-state index < -0.39 is 16.8 Å². The molecule has 37 heavy (non-hydrogen) atoms. The van der Waals surface area contributed by atoms with Gasteiger partial charge in [-0.3, -0.25) is 0 Å². The summed E-state index contributed by atoms with van der Waals surface area (Å²) in [6.45, 7) is 20.9. The molecule has 201 valence electrons. The Morgan fingerprint density at radius 2 is 1.32 bits per heavy atom. The molecule has 0 fully saturated rings. The van der Waals surface area contributed by atoms with Gasteiger partial charge in [0, 0.05) is 18.1 Å². The van der Waals surface area contributed by atoms with Crippen LogP contribution in [0.4, 0.5) is 0 Å². The van der Waals surface area contributed by atoms with E-state index in [2.05, 4.69) is 89.8 Å². The molecule has 0 heterocycles. The van der Waals surface area contributed by atoms with Gasteiger partial charge in [0.15, 0.2) is 0 Å². The van der Waals surface area contributed by atoms with Gasteiger partial charge in [-0.15, -0.1) is 0 Å². The van der Waals surface area contributed by atoms with Crippen molar-refractivity contribution in [3.8, 4) is 11.8 Å². The van der Waals surface area contributed by atoms with Crippen LogP contribution in [0.5, 0.6) is 0 Å². The number of hydrogen-bond donors (Lipinski definition) is 1. The highest BCUT2D eigenvalue weighted by Crippen LogP contribution is 2.39. The largest absolute Gasteiger partial charge is 0.427 e. The van der Waals surface area contributed by atoms with E-state index in [1.54, 1.807) is 7.11 Å². The first-order chi connectivity index (χ1) is 17.2. The third kappa shape index (κ3) is 6.69. The Morgan fingerprint density at radius 1 is 0.784 bits per heavy atom. The molecule has 4 heteroatoms. The van der Waals surface area contributed by atoms with Crippen molar-refractivity contribution in [2.75, 3.05) is 7.11 Å². The molecule has 0 spiro atoms. The first-order valence-corrected chi connectivity index (χ1v) is 13.8. The van der Waals surface area contributed by atoms with Crippen molar-refractivity contribution in [1.82, 2.24) is 0 Å². The second-order valence-corrected chi connectivity index (χ2v) is 11.3. The Morgan fingerprint density at radius 3 is 1.78 bits per heavy atom. The molecule has 0 saturated heterocycles. The zero-order valence-electron chi connectivity index (χ0n) is 25.1. The summed E-state index contributed by atoms with van der Waals surface area (Å²) >= 11 is 0. The minimum atomic E-state index is -0.920. The highest BCUT2D eigenvalue weighted by molar-refractivity contribution is 6.47. The number of ether oxygens (including phenoxy) is 1. The minimum absolute atomic E-state index is 0.0915.